The maximum Gasteiger partial charge on any atom is 0.407 e. The molecule has 1 unspecified atom stereocenters. The third kappa shape index (κ3) is 7.25. The Labute approximate surface area is 236 Å². The molecule has 0 aromatic heterocycles. The van der Waals surface area contributed by atoms with Crippen molar-refractivity contribution in [2.45, 2.75) is 58.7 Å². The van der Waals surface area contributed by atoms with E-state index in [1.54, 1.807) is 18.7 Å². The van der Waals surface area contributed by atoms with Crippen LogP contribution in [0, 0.1) is 5.92 Å². The summed E-state index contributed by atoms with van der Waals surface area (Å²) in [7, 11) is 0. The number of rotatable bonds is 8. The van der Waals surface area contributed by atoms with Crippen molar-refractivity contribution in [2.75, 3.05) is 44.2 Å². The number of benzene rings is 2. The molecule has 0 spiro atoms. The van der Waals surface area contributed by atoms with Gasteiger partial charge in [-0.05, 0) is 55.9 Å². The molecule has 0 bridgehead atoms. The van der Waals surface area contributed by atoms with Crippen molar-refractivity contribution >= 4 is 23.7 Å². The first-order chi connectivity index (χ1) is 19.0. The van der Waals surface area contributed by atoms with E-state index in [2.05, 4.69) is 30.9 Å². The van der Waals surface area contributed by atoms with Crippen LogP contribution in [0.2, 0.25) is 0 Å². The van der Waals surface area contributed by atoms with Crippen LogP contribution in [0.15, 0.2) is 48.5 Å². The first kappa shape index (κ1) is 29.2. The molecule has 2 aromatic carbocycles. The first-order valence-corrected chi connectivity index (χ1v) is 14.1. The molecule has 0 aliphatic carbocycles. The fraction of sp³-hybridized carbons (Fsp3) is 0.516. The molecule has 216 valence electrons. The van der Waals surface area contributed by atoms with Gasteiger partial charge in [0.25, 0.3) is 5.91 Å². The van der Waals surface area contributed by atoms with E-state index in [0.29, 0.717) is 31.3 Å². The fourth-order valence-corrected chi connectivity index (χ4v) is 5.24. The summed E-state index contributed by atoms with van der Waals surface area (Å²) in [5.74, 6) is 0.453. The molecule has 2 aliphatic rings. The third-order valence-electron chi connectivity index (χ3n) is 7.69. The number of carboxylic acid groups (broad SMARTS) is 1. The Balaban J connectivity index is 1.33. The zero-order valence-electron chi connectivity index (χ0n) is 24.0. The molecule has 1 N–H and O–H groups in total. The van der Waals surface area contributed by atoms with E-state index >= 15 is 0 Å². The molecular weight excluding hydrogens is 510 g/mol. The van der Waals surface area contributed by atoms with Crippen LogP contribution < -0.4 is 9.64 Å². The highest BCUT2D eigenvalue weighted by atomic mass is 16.5. The number of ether oxygens (including phenoxy) is 2. The lowest BCUT2D eigenvalue weighted by atomic mass is 9.97. The predicted molar refractivity (Wildman–Crippen MR) is 153 cm³/mol. The lowest BCUT2D eigenvalue weighted by molar-refractivity contribution is -0.150. The van der Waals surface area contributed by atoms with Crippen molar-refractivity contribution in [3.63, 3.8) is 0 Å². The molecule has 2 saturated heterocycles. The van der Waals surface area contributed by atoms with Crippen LogP contribution in [0.5, 0.6) is 5.75 Å². The van der Waals surface area contributed by atoms with E-state index < -0.39 is 11.7 Å². The van der Waals surface area contributed by atoms with E-state index in [-0.39, 0.29) is 37.5 Å². The van der Waals surface area contributed by atoms with Crippen LogP contribution in [-0.2, 0) is 20.9 Å². The normalized spacial score (nSPS) is 18.0. The molecule has 9 nitrogen and oxygen atoms in total. The quantitative estimate of drug-likeness (QED) is 0.473. The van der Waals surface area contributed by atoms with E-state index in [1.807, 2.05) is 36.4 Å². The molecule has 2 fully saturated rings. The molecule has 2 heterocycles. The number of piperidine rings is 1. The van der Waals surface area contributed by atoms with Crippen LogP contribution in [-0.4, -0.2) is 77.7 Å². The van der Waals surface area contributed by atoms with Crippen LogP contribution >= 0.6 is 0 Å². The zero-order valence-corrected chi connectivity index (χ0v) is 24.0. The maximum atomic E-state index is 13.2. The van der Waals surface area contributed by atoms with Crippen molar-refractivity contribution in [1.29, 1.82) is 0 Å². The largest absolute Gasteiger partial charge is 0.478 e. The lowest BCUT2D eigenvalue weighted by Gasteiger charge is -2.37. The number of carbonyl (C=O) groups excluding carboxylic acids is 2. The van der Waals surface area contributed by atoms with Gasteiger partial charge in [-0.15, -0.1) is 0 Å². The van der Waals surface area contributed by atoms with Crippen molar-refractivity contribution in [3.8, 4) is 5.75 Å². The molecule has 1 atom stereocenters. The summed E-state index contributed by atoms with van der Waals surface area (Å²) in [5, 5.41) is 9.16. The van der Waals surface area contributed by atoms with Crippen LogP contribution in [0.25, 0.3) is 0 Å². The molecular formula is C31H41N3O6. The Kier molecular flexibility index (Phi) is 9.22. The predicted octanol–water partition coefficient (Wildman–Crippen LogP) is 4.75. The van der Waals surface area contributed by atoms with Gasteiger partial charge in [-0.3, -0.25) is 9.59 Å². The SMILES string of the molecule is CC(C)c1ccc(COC(=O)C2CCCN(c3cccc(OC(C)(C)C(=O)N4CCN(C(=O)O)CC4)c3)C2)cc1. The summed E-state index contributed by atoms with van der Waals surface area (Å²) in [6.07, 6.45) is 0.693. The Morgan fingerprint density at radius 2 is 1.65 bits per heavy atom. The second kappa shape index (κ2) is 12.6. The average molecular weight is 552 g/mol. The van der Waals surface area contributed by atoms with Gasteiger partial charge in [0.2, 0.25) is 0 Å². The van der Waals surface area contributed by atoms with Crippen molar-refractivity contribution in [2.24, 2.45) is 5.92 Å². The number of amides is 2. The Bertz CT molecular complexity index is 1190. The number of esters is 1. The Morgan fingerprint density at radius 3 is 2.30 bits per heavy atom. The first-order valence-electron chi connectivity index (χ1n) is 14.1. The van der Waals surface area contributed by atoms with E-state index in [9.17, 15) is 14.4 Å². The standard InChI is InChI=1S/C31H41N3O6/c1-22(2)24-12-10-23(11-13-24)21-39-28(35)25-7-6-14-34(20-25)26-8-5-9-27(19-26)40-31(3,4)29(36)32-15-17-33(18-16-32)30(37)38/h5,8-13,19,22,25H,6-7,14-18,20-21H2,1-4H3,(H,37,38). The summed E-state index contributed by atoms with van der Waals surface area (Å²) < 4.78 is 11.8. The van der Waals surface area contributed by atoms with Crippen molar-refractivity contribution < 1.29 is 29.0 Å². The fourth-order valence-electron chi connectivity index (χ4n) is 5.24. The van der Waals surface area contributed by atoms with E-state index in [1.165, 1.54) is 10.5 Å². The van der Waals surface area contributed by atoms with E-state index in [4.69, 9.17) is 14.6 Å². The number of anilines is 1. The van der Waals surface area contributed by atoms with E-state index in [0.717, 1.165) is 30.6 Å². The monoisotopic (exact) mass is 551 g/mol. The highest BCUT2D eigenvalue weighted by Gasteiger charge is 2.36. The second-order valence-electron chi connectivity index (χ2n) is 11.5. The minimum absolute atomic E-state index is 0.178. The summed E-state index contributed by atoms with van der Waals surface area (Å²) in [4.78, 5) is 42.4. The van der Waals surface area contributed by atoms with Gasteiger partial charge in [0.05, 0.1) is 5.92 Å². The van der Waals surface area contributed by atoms with Gasteiger partial charge in [0, 0.05) is 51.0 Å². The molecule has 2 aliphatic heterocycles. The second-order valence-corrected chi connectivity index (χ2v) is 11.5. The number of nitrogens with zero attached hydrogens (tertiary/aromatic N) is 3. The van der Waals surface area contributed by atoms with Gasteiger partial charge in [0.1, 0.15) is 12.4 Å². The molecule has 9 heteroatoms. The zero-order chi connectivity index (χ0) is 28.9. The van der Waals surface area contributed by atoms with Crippen LogP contribution in [0.1, 0.15) is 57.6 Å². The van der Waals surface area contributed by atoms with Crippen molar-refractivity contribution in [1.82, 2.24) is 9.80 Å². The average Bonchev–Trinajstić information content (AvgIpc) is 2.95. The van der Waals surface area contributed by atoms with Gasteiger partial charge in [-0.1, -0.05) is 44.2 Å². The highest BCUT2D eigenvalue weighted by molar-refractivity contribution is 5.85. The summed E-state index contributed by atoms with van der Waals surface area (Å²) >= 11 is 0. The molecule has 2 amide bonds. The Morgan fingerprint density at radius 1 is 0.975 bits per heavy atom. The number of piperazine rings is 1. The Hall–Kier alpha value is -3.75. The summed E-state index contributed by atoms with van der Waals surface area (Å²) in [6.45, 7) is 10.7. The van der Waals surface area contributed by atoms with Gasteiger partial charge in [-0.2, -0.15) is 0 Å². The topological polar surface area (TPSA) is 99.6 Å². The maximum absolute atomic E-state index is 13.2. The molecule has 0 saturated carbocycles. The molecule has 40 heavy (non-hydrogen) atoms. The number of carbonyl (C=O) groups is 3. The van der Waals surface area contributed by atoms with Crippen LogP contribution in [0.4, 0.5) is 10.5 Å². The molecule has 2 aromatic rings. The molecule has 4 rings (SSSR count). The highest BCUT2D eigenvalue weighted by Crippen LogP contribution is 2.29. The molecule has 0 radical (unpaired) electrons. The minimum atomic E-state index is -1.12. The van der Waals surface area contributed by atoms with Gasteiger partial charge in [0.15, 0.2) is 5.60 Å². The third-order valence-corrected chi connectivity index (χ3v) is 7.69. The van der Waals surface area contributed by atoms with Gasteiger partial charge >= 0.3 is 12.1 Å². The van der Waals surface area contributed by atoms with Gasteiger partial charge in [-0.25, -0.2) is 4.79 Å². The smallest absolute Gasteiger partial charge is 0.407 e. The van der Waals surface area contributed by atoms with Gasteiger partial charge < -0.3 is 29.3 Å². The van der Waals surface area contributed by atoms with Crippen molar-refractivity contribution in [3.05, 3.63) is 59.7 Å². The number of hydrogen-bond donors (Lipinski definition) is 1. The number of hydrogen-bond acceptors (Lipinski definition) is 6. The summed E-state index contributed by atoms with van der Waals surface area (Å²) in [5.41, 5.74) is 2.05. The summed E-state index contributed by atoms with van der Waals surface area (Å²) in [6, 6.07) is 15.8. The minimum Gasteiger partial charge on any atom is -0.478 e. The van der Waals surface area contributed by atoms with Crippen LogP contribution in [0.3, 0.4) is 0 Å². The lowest BCUT2D eigenvalue weighted by Crippen LogP contribution is -2.56.